The molecule has 0 bridgehead atoms. The van der Waals surface area contributed by atoms with Crippen molar-refractivity contribution in [2.45, 2.75) is 24.8 Å². The van der Waals surface area contributed by atoms with Gasteiger partial charge in [0.15, 0.2) is 11.5 Å². The molecule has 1 aromatic rings. The predicted molar refractivity (Wildman–Crippen MR) is 69.1 cm³/mol. The Hall–Kier alpha value is -1.62. The van der Waals surface area contributed by atoms with E-state index in [0.717, 1.165) is 24.9 Å². The van der Waals surface area contributed by atoms with E-state index in [9.17, 15) is 5.11 Å². The SMILES string of the molecule is Nc1cc2c(cc1NC1(CO)CCC1)OCCO2. The van der Waals surface area contributed by atoms with Crippen LogP contribution in [0.25, 0.3) is 0 Å². The van der Waals surface area contributed by atoms with Gasteiger partial charge in [0.25, 0.3) is 0 Å². The Morgan fingerprint density at radius 3 is 2.44 bits per heavy atom. The number of rotatable bonds is 3. The van der Waals surface area contributed by atoms with Crippen molar-refractivity contribution >= 4 is 11.4 Å². The van der Waals surface area contributed by atoms with E-state index in [-0.39, 0.29) is 12.1 Å². The molecule has 0 atom stereocenters. The number of nitrogen functional groups attached to an aromatic ring is 1. The van der Waals surface area contributed by atoms with Gasteiger partial charge in [-0.25, -0.2) is 0 Å². The molecule has 1 aliphatic heterocycles. The Kier molecular flexibility index (Phi) is 2.70. The Bertz CT molecular complexity index is 452. The highest BCUT2D eigenvalue weighted by Crippen LogP contribution is 2.41. The molecular weight excluding hydrogens is 232 g/mol. The third-order valence-electron chi connectivity index (χ3n) is 3.73. The highest BCUT2D eigenvalue weighted by Gasteiger charge is 2.36. The van der Waals surface area contributed by atoms with Gasteiger partial charge < -0.3 is 25.6 Å². The maximum absolute atomic E-state index is 9.47. The molecule has 0 aromatic heterocycles. The first-order valence-electron chi connectivity index (χ1n) is 6.31. The van der Waals surface area contributed by atoms with E-state index < -0.39 is 0 Å². The standard InChI is InChI=1S/C13H18N2O3/c14-9-6-11-12(18-5-4-17-11)7-10(9)15-13(8-16)2-1-3-13/h6-7,15-16H,1-5,8,14H2. The fourth-order valence-electron chi connectivity index (χ4n) is 2.42. The van der Waals surface area contributed by atoms with Gasteiger partial charge in [-0.3, -0.25) is 0 Å². The summed E-state index contributed by atoms with van der Waals surface area (Å²) in [6.45, 7) is 1.24. The fraction of sp³-hybridized carbons (Fsp3) is 0.538. The van der Waals surface area contributed by atoms with E-state index in [1.807, 2.05) is 6.07 Å². The number of fused-ring (bicyclic) bond motifs is 1. The maximum Gasteiger partial charge on any atom is 0.163 e. The summed E-state index contributed by atoms with van der Waals surface area (Å²) in [5, 5.41) is 12.8. The maximum atomic E-state index is 9.47. The lowest BCUT2D eigenvalue weighted by atomic mass is 9.77. The lowest BCUT2D eigenvalue weighted by Gasteiger charge is -2.42. The van der Waals surface area contributed by atoms with Crippen LogP contribution in [0.4, 0.5) is 11.4 Å². The number of benzene rings is 1. The molecule has 0 saturated heterocycles. The number of hydrogen-bond donors (Lipinski definition) is 3. The summed E-state index contributed by atoms with van der Waals surface area (Å²) in [4.78, 5) is 0. The highest BCUT2D eigenvalue weighted by atomic mass is 16.6. The zero-order valence-electron chi connectivity index (χ0n) is 10.2. The number of aliphatic hydroxyl groups excluding tert-OH is 1. The number of anilines is 2. The molecule has 4 N–H and O–H groups in total. The molecule has 5 heteroatoms. The zero-order valence-corrected chi connectivity index (χ0v) is 10.2. The molecule has 2 aliphatic rings. The normalized spacial score (nSPS) is 20.1. The molecule has 1 aliphatic carbocycles. The van der Waals surface area contributed by atoms with Gasteiger partial charge in [-0.1, -0.05) is 0 Å². The van der Waals surface area contributed by atoms with Crippen LogP contribution in [-0.4, -0.2) is 30.5 Å². The van der Waals surface area contributed by atoms with Crippen LogP contribution in [-0.2, 0) is 0 Å². The van der Waals surface area contributed by atoms with Gasteiger partial charge >= 0.3 is 0 Å². The van der Waals surface area contributed by atoms with Crippen LogP contribution in [0.2, 0.25) is 0 Å². The largest absolute Gasteiger partial charge is 0.486 e. The van der Waals surface area contributed by atoms with Crippen molar-refractivity contribution in [1.29, 1.82) is 0 Å². The Labute approximate surface area is 106 Å². The van der Waals surface area contributed by atoms with Gasteiger partial charge in [0.2, 0.25) is 0 Å². The molecule has 0 unspecified atom stereocenters. The highest BCUT2D eigenvalue weighted by molar-refractivity contribution is 5.73. The van der Waals surface area contributed by atoms with Crippen LogP contribution in [0, 0.1) is 0 Å². The van der Waals surface area contributed by atoms with Crippen molar-refractivity contribution in [3.05, 3.63) is 12.1 Å². The van der Waals surface area contributed by atoms with Crippen molar-refractivity contribution in [3.63, 3.8) is 0 Å². The van der Waals surface area contributed by atoms with Crippen LogP contribution in [0.3, 0.4) is 0 Å². The van der Waals surface area contributed by atoms with Gasteiger partial charge in [-0.15, -0.1) is 0 Å². The molecule has 1 aromatic carbocycles. The summed E-state index contributed by atoms with van der Waals surface area (Å²) < 4.78 is 11.0. The molecule has 1 fully saturated rings. The van der Waals surface area contributed by atoms with Crippen LogP contribution in [0.15, 0.2) is 12.1 Å². The number of ether oxygens (including phenoxy) is 2. The van der Waals surface area contributed by atoms with E-state index in [4.69, 9.17) is 15.2 Å². The summed E-state index contributed by atoms with van der Waals surface area (Å²) in [5.41, 5.74) is 7.23. The first kappa shape index (κ1) is 11.5. The van der Waals surface area contributed by atoms with Gasteiger partial charge in [-0.2, -0.15) is 0 Å². The van der Waals surface area contributed by atoms with E-state index in [2.05, 4.69) is 5.32 Å². The van der Waals surface area contributed by atoms with Gasteiger partial charge in [0, 0.05) is 12.1 Å². The minimum absolute atomic E-state index is 0.126. The third-order valence-corrected chi connectivity index (χ3v) is 3.73. The average Bonchev–Trinajstić information content (AvgIpc) is 2.34. The monoisotopic (exact) mass is 250 g/mol. The van der Waals surface area contributed by atoms with E-state index in [1.165, 1.54) is 0 Å². The summed E-state index contributed by atoms with van der Waals surface area (Å²) in [5.74, 6) is 1.40. The van der Waals surface area contributed by atoms with E-state index >= 15 is 0 Å². The molecule has 0 spiro atoms. The summed E-state index contributed by atoms with van der Waals surface area (Å²) in [7, 11) is 0. The summed E-state index contributed by atoms with van der Waals surface area (Å²) in [6, 6.07) is 3.64. The van der Waals surface area contributed by atoms with Crippen LogP contribution >= 0.6 is 0 Å². The quantitative estimate of drug-likeness (QED) is 0.706. The topological polar surface area (TPSA) is 76.7 Å². The Morgan fingerprint density at radius 1 is 1.22 bits per heavy atom. The van der Waals surface area contributed by atoms with E-state index in [0.29, 0.717) is 30.4 Å². The molecule has 0 amide bonds. The smallest absolute Gasteiger partial charge is 0.163 e. The molecule has 18 heavy (non-hydrogen) atoms. The number of aliphatic hydroxyl groups is 1. The predicted octanol–water partition coefficient (Wildman–Crippen LogP) is 1.37. The second-order valence-corrected chi connectivity index (χ2v) is 5.00. The minimum atomic E-state index is -0.210. The third kappa shape index (κ3) is 1.84. The lowest BCUT2D eigenvalue weighted by Crippen LogP contribution is -2.48. The van der Waals surface area contributed by atoms with E-state index in [1.54, 1.807) is 6.07 Å². The molecule has 1 saturated carbocycles. The van der Waals surface area contributed by atoms with Crippen molar-refractivity contribution < 1.29 is 14.6 Å². The summed E-state index contributed by atoms with van der Waals surface area (Å²) >= 11 is 0. The fourth-order valence-corrected chi connectivity index (χ4v) is 2.42. The Balaban J connectivity index is 1.87. The lowest BCUT2D eigenvalue weighted by molar-refractivity contribution is 0.144. The molecular formula is C13H18N2O3. The number of hydrogen-bond acceptors (Lipinski definition) is 5. The van der Waals surface area contributed by atoms with Gasteiger partial charge in [0.05, 0.1) is 23.5 Å². The Morgan fingerprint density at radius 2 is 1.89 bits per heavy atom. The second kappa shape index (κ2) is 4.24. The average molecular weight is 250 g/mol. The number of nitrogens with two attached hydrogens (primary N) is 1. The first-order valence-corrected chi connectivity index (χ1v) is 6.31. The first-order chi connectivity index (χ1) is 8.72. The number of nitrogens with one attached hydrogen (secondary N) is 1. The minimum Gasteiger partial charge on any atom is -0.486 e. The second-order valence-electron chi connectivity index (χ2n) is 5.00. The van der Waals surface area contributed by atoms with Crippen molar-refractivity contribution in [2.75, 3.05) is 30.9 Å². The molecule has 98 valence electrons. The van der Waals surface area contributed by atoms with Crippen molar-refractivity contribution in [3.8, 4) is 11.5 Å². The van der Waals surface area contributed by atoms with Crippen LogP contribution in [0.5, 0.6) is 11.5 Å². The van der Waals surface area contributed by atoms with Gasteiger partial charge in [0.1, 0.15) is 13.2 Å². The molecule has 5 nitrogen and oxygen atoms in total. The summed E-state index contributed by atoms with van der Waals surface area (Å²) in [6.07, 6.45) is 3.08. The van der Waals surface area contributed by atoms with Crippen LogP contribution < -0.4 is 20.5 Å². The van der Waals surface area contributed by atoms with Gasteiger partial charge in [-0.05, 0) is 19.3 Å². The molecule has 1 heterocycles. The van der Waals surface area contributed by atoms with Crippen molar-refractivity contribution in [1.82, 2.24) is 0 Å². The molecule has 3 rings (SSSR count). The van der Waals surface area contributed by atoms with Crippen molar-refractivity contribution in [2.24, 2.45) is 0 Å². The zero-order chi connectivity index (χ0) is 12.6. The van der Waals surface area contributed by atoms with Crippen LogP contribution in [0.1, 0.15) is 19.3 Å². The molecule has 0 radical (unpaired) electrons.